The van der Waals surface area contributed by atoms with E-state index in [0.717, 1.165) is 17.0 Å². The maximum Gasteiger partial charge on any atom is 0.270 e. The number of nitro groups is 1. The van der Waals surface area contributed by atoms with Crippen molar-refractivity contribution in [1.29, 1.82) is 0 Å². The third-order valence-corrected chi connectivity index (χ3v) is 3.54. The van der Waals surface area contributed by atoms with Gasteiger partial charge in [-0.1, -0.05) is 11.8 Å². The van der Waals surface area contributed by atoms with Gasteiger partial charge in [-0.2, -0.15) is 0 Å². The second-order valence-electron chi connectivity index (χ2n) is 4.38. The van der Waals surface area contributed by atoms with E-state index in [2.05, 4.69) is 4.99 Å². The van der Waals surface area contributed by atoms with E-state index in [1.165, 1.54) is 17.8 Å². The molecular formula is C12H12FN3O2S. The second kappa shape index (κ2) is 4.65. The number of aliphatic imine (C=N–C) groups is 1. The molecule has 1 aliphatic rings. The molecule has 2 rings (SSSR count). The van der Waals surface area contributed by atoms with Crippen LogP contribution in [0.5, 0.6) is 0 Å². The van der Waals surface area contributed by atoms with Gasteiger partial charge in [0, 0.05) is 17.7 Å². The number of nitrogens with zero attached hydrogens (tertiary/aromatic N) is 2. The quantitative estimate of drug-likeness (QED) is 0.667. The van der Waals surface area contributed by atoms with Crippen LogP contribution in [-0.2, 0) is 5.54 Å². The van der Waals surface area contributed by atoms with Crippen LogP contribution in [0.1, 0.15) is 19.4 Å². The lowest BCUT2D eigenvalue weighted by molar-refractivity contribution is -0.385. The van der Waals surface area contributed by atoms with Crippen molar-refractivity contribution in [2.45, 2.75) is 19.4 Å². The molecule has 7 heteroatoms. The van der Waals surface area contributed by atoms with Gasteiger partial charge in [-0.15, -0.1) is 0 Å². The van der Waals surface area contributed by atoms with E-state index >= 15 is 0 Å². The molecule has 0 fully saturated rings. The molecule has 0 saturated heterocycles. The number of halogens is 1. The summed E-state index contributed by atoms with van der Waals surface area (Å²) in [4.78, 5) is 15.3. The molecule has 1 aliphatic heterocycles. The predicted molar refractivity (Wildman–Crippen MR) is 73.4 cm³/mol. The lowest BCUT2D eigenvalue weighted by atomic mass is 9.91. The zero-order chi connectivity index (χ0) is 14.2. The van der Waals surface area contributed by atoms with E-state index < -0.39 is 16.3 Å². The molecule has 19 heavy (non-hydrogen) atoms. The number of hydrogen-bond acceptors (Lipinski definition) is 5. The van der Waals surface area contributed by atoms with Gasteiger partial charge in [0.15, 0.2) is 5.17 Å². The highest BCUT2D eigenvalue weighted by Crippen LogP contribution is 2.38. The summed E-state index contributed by atoms with van der Waals surface area (Å²) in [5.41, 5.74) is 4.66. The summed E-state index contributed by atoms with van der Waals surface area (Å²) in [5, 5.41) is 11.1. The summed E-state index contributed by atoms with van der Waals surface area (Å²) in [6.07, 6.45) is 1.75. The van der Waals surface area contributed by atoms with Gasteiger partial charge in [-0.05, 0) is 30.9 Å². The summed E-state index contributed by atoms with van der Waals surface area (Å²) in [6.45, 7) is 3.50. The largest absolute Gasteiger partial charge is 0.378 e. The summed E-state index contributed by atoms with van der Waals surface area (Å²) < 4.78 is 13.9. The molecule has 0 bridgehead atoms. The molecule has 2 N–H and O–H groups in total. The van der Waals surface area contributed by atoms with E-state index in [1.807, 2.05) is 6.92 Å². The topological polar surface area (TPSA) is 81.5 Å². The fourth-order valence-corrected chi connectivity index (χ4v) is 2.88. The number of nitrogens with two attached hydrogens (primary N) is 1. The van der Waals surface area contributed by atoms with Crippen LogP contribution >= 0.6 is 11.8 Å². The zero-order valence-electron chi connectivity index (χ0n) is 10.4. The Morgan fingerprint density at radius 2 is 2.21 bits per heavy atom. The summed E-state index contributed by atoms with van der Waals surface area (Å²) in [7, 11) is 0. The van der Waals surface area contributed by atoms with E-state index in [1.54, 1.807) is 13.0 Å². The molecule has 0 amide bonds. The number of allylic oxidation sites excluding steroid dienone is 1. The van der Waals surface area contributed by atoms with Gasteiger partial charge in [-0.25, -0.2) is 9.38 Å². The van der Waals surface area contributed by atoms with Crippen LogP contribution in [0.2, 0.25) is 0 Å². The first-order valence-corrected chi connectivity index (χ1v) is 6.30. The Morgan fingerprint density at radius 1 is 1.53 bits per heavy atom. The third kappa shape index (κ3) is 2.60. The van der Waals surface area contributed by atoms with Crippen LogP contribution < -0.4 is 5.73 Å². The zero-order valence-corrected chi connectivity index (χ0v) is 11.2. The lowest BCUT2D eigenvalue weighted by Crippen LogP contribution is -2.26. The van der Waals surface area contributed by atoms with Gasteiger partial charge in [-0.3, -0.25) is 10.1 Å². The Hall–Kier alpha value is -1.89. The fraction of sp³-hybridized carbons (Fsp3) is 0.250. The molecule has 0 radical (unpaired) electrons. The van der Waals surface area contributed by atoms with Crippen LogP contribution in [0.15, 0.2) is 34.2 Å². The molecule has 1 atom stereocenters. The van der Waals surface area contributed by atoms with Crippen molar-refractivity contribution < 1.29 is 9.31 Å². The SMILES string of the molecule is CC1=C[C@@](C)(c2cc([N+](=O)[O-])ccc2F)N=C(N)S1. The number of rotatable bonds is 2. The lowest BCUT2D eigenvalue weighted by Gasteiger charge is -2.27. The Morgan fingerprint density at radius 3 is 2.79 bits per heavy atom. The number of benzene rings is 1. The van der Waals surface area contributed by atoms with Crippen molar-refractivity contribution >= 4 is 22.6 Å². The molecule has 0 unspecified atom stereocenters. The normalized spacial score (nSPS) is 22.7. The number of thioether (sulfide) groups is 1. The van der Waals surface area contributed by atoms with Crippen LogP contribution in [0, 0.1) is 15.9 Å². The van der Waals surface area contributed by atoms with Crippen LogP contribution in [0.3, 0.4) is 0 Å². The summed E-state index contributed by atoms with van der Waals surface area (Å²) in [6, 6.07) is 3.41. The van der Waals surface area contributed by atoms with Crippen LogP contribution in [0.25, 0.3) is 0 Å². The average molecular weight is 281 g/mol. The van der Waals surface area contributed by atoms with Crippen molar-refractivity contribution in [2.24, 2.45) is 10.7 Å². The highest BCUT2D eigenvalue weighted by molar-refractivity contribution is 8.17. The molecule has 1 heterocycles. The standard InChI is InChI=1S/C12H12FN3O2S/c1-7-6-12(2,15-11(14)19-7)9-5-8(16(17)18)3-4-10(9)13/h3-6H,1-2H3,(H2,14,15)/t12-/m0/s1. The maximum absolute atomic E-state index is 13.9. The van der Waals surface area contributed by atoms with Gasteiger partial charge in [0.05, 0.1) is 4.92 Å². The van der Waals surface area contributed by atoms with Crippen molar-refractivity contribution in [1.82, 2.24) is 0 Å². The molecule has 0 aromatic heterocycles. The van der Waals surface area contributed by atoms with Crippen LogP contribution in [-0.4, -0.2) is 10.1 Å². The minimum atomic E-state index is -1.02. The van der Waals surface area contributed by atoms with Gasteiger partial charge < -0.3 is 5.73 Å². The van der Waals surface area contributed by atoms with E-state index in [-0.39, 0.29) is 11.3 Å². The second-order valence-corrected chi connectivity index (χ2v) is 5.64. The highest BCUT2D eigenvalue weighted by Gasteiger charge is 2.31. The van der Waals surface area contributed by atoms with Crippen molar-refractivity contribution in [3.05, 3.63) is 50.7 Å². The monoisotopic (exact) mass is 281 g/mol. The first kappa shape index (κ1) is 13.5. The first-order valence-electron chi connectivity index (χ1n) is 5.49. The molecule has 5 nitrogen and oxygen atoms in total. The number of amidine groups is 1. The van der Waals surface area contributed by atoms with E-state index in [9.17, 15) is 14.5 Å². The molecule has 1 aromatic rings. The van der Waals surface area contributed by atoms with Gasteiger partial charge in [0.1, 0.15) is 11.4 Å². The van der Waals surface area contributed by atoms with Gasteiger partial charge >= 0.3 is 0 Å². The van der Waals surface area contributed by atoms with E-state index in [0.29, 0.717) is 5.17 Å². The first-order chi connectivity index (χ1) is 8.82. The number of hydrogen-bond donors (Lipinski definition) is 1. The Kier molecular flexibility index (Phi) is 3.32. The van der Waals surface area contributed by atoms with Crippen LogP contribution in [0.4, 0.5) is 10.1 Å². The molecule has 0 spiro atoms. The van der Waals surface area contributed by atoms with Crippen molar-refractivity contribution in [3.63, 3.8) is 0 Å². The smallest absolute Gasteiger partial charge is 0.270 e. The maximum atomic E-state index is 13.9. The molecule has 0 saturated carbocycles. The predicted octanol–water partition coefficient (Wildman–Crippen LogP) is 2.91. The molecule has 0 aliphatic carbocycles. The van der Waals surface area contributed by atoms with Crippen molar-refractivity contribution in [2.75, 3.05) is 0 Å². The minimum Gasteiger partial charge on any atom is -0.378 e. The Labute approximate surface area is 113 Å². The van der Waals surface area contributed by atoms with E-state index in [4.69, 9.17) is 5.73 Å². The minimum absolute atomic E-state index is 0.143. The van der Waals surface area contributed by atoms with Crippen molar-refractivity contribution in [3.8, 4) is 0 Å². The highest BCUT2D eigenvalue weighted by atomic mass is 32.2. The summed E-state index contributed by atoms with van der Waals surface area (Å²) >= 11 is 1.29. The third-order valence-electron chi connectivity index (χ3n) is 2.80. The van der Waals surface area contributed by atoms with Gasteiger partial charge in [0.25, 0.3) is 5.69 Å². The number of nitro benzene ring substituents is 1. The molecular weight excluding hydrogens is 269 g/mol. The Balaban J connectivity index is 2.60. The van der Waals surface area contributed by atoms with Gasteiger partial charge in [0.2, 0.25) is 0 Å². The Bertz CT molecular complexity index is 595. The summed E-state index contributed by atoms with van der Waals surface area (Å²) in [5.74, 6) is -0.541. The fourth-order valence-electron chi connectivity index (χ4n) is 2.03. The molecule has 100 valence electrons. The average Bonchev–Trinajstić information content (AvgIpc) is 2.26. The molecule has 1 aromatic carbocycles. The number of non-ortho nitro benzene ring substituents is 1.